The van der Waals surface area contributed by atoms with Crippen molar-refractivity contribution in [1.82, 2.24) is 4.90 Å². The van der Waals surface area contributed by atoms with Crippen LogP contribution in [0.1, 0.15) is 37.8 Å². The molecule has 0 amide bonds. The van der Waals surface area contributed by atoms with E-state index < -0.39 is 0 Å². The summed E-state index contributed by atoms with van der Waals surface area (Å²) in [6.07, 6.45) is 2.50. The molecule has 2 rings (SSSR count). The molecule has 1 aliphatic heterocycles. The van der Waals surface area contributed by atoms with E-state index in [1.54, 1.807) is 6.07 Å². The molecule has 1 saturated heterocycles. The zero-order chi connectivity index (χ0) is 13.1. The fourth-order valence-electron chi connectivity index (χ4n) is 2.96. The molecule has 1 atom stereocenters. The highest BCUT2D eigenvalue weighted by atomic mass is 19.1. The smallest absolute Gasteiger partial charge is 0.123 e. The topological polar surface area (TPSA) is 29.3 Å². The van der Waals surface area contributed by atoms with Crippen LogP contribution in [0.5, 0.6) is 0 Å². The molecule has 2 nitrogen and oxygen atoms in total. The average molecular weight is 250 g/mol. The lowest BCUT2D eigenvalue weighted by molar-refractivity contribution is 0.198. The summed E-state index contributed by atoms with van der Waals surface area (Å²) in [6, 6.07) is 5.57. The number of nitrogens with zero attached hydrogens (tertiary/aromatic N) is 1. The second-order valence-electron chi connectivity index (χ2n) is 5.54. The van der Waals surface area contributed by atoms with E-state index in [1.165, 1.54) is 18.9 Å². The van der Waals surface area contributed by atoms with Crippen molar-refractivity contribution in [2.75, 3.05) is 6.54 Å². The van der Waals surface area contributed by atoms with E-state index in [0.717, 1.165) is 24.2 Å². The van der Waals surface area contributed by atoms with E-state index >= 15 is 0 Å². The largest absolute Gasteiger partial charge is 0.326 e. The van der Waals surface area contributed by atoms with Crippen LogP contribution < -0.4 is 5.73 Å². The first-order chi connectivity index (χ1) is 8.61. The average Bonchev–Trinajstić information content (AvgIpc) is 2.77. The first-order valence-corrected chi connectivity index (χ1v) is 6.83. The van der Waals surface area contributed by atoms with Crippen molar-refractivity contribution >= 4 is 0 Å². The standard InChI is InChI=1S/C15H23FN2/c1-11(2)15-4-3-7-18(15)10-13-8-14(16)6-5-12(13)9-17/h5-6,8,11,15H,3-4,7,9-10,17H2,1-2H3. The summed E-state index contributed by atoms with van der Waals surface area (Å²) in [7, 11) is 0. The molecule has 0 spiro atoms. The molecule has 1 aliphatic rings. The number of hydrogen-bond donors (Lipinski definition) is 1. The third-order valence-corrected chi connectivity index (χ3v) is 3.95. The van der Waals surface area contributed by atoms with Gasteiger partial charge in [0.1, 0.15) is 5.82 Å². The zero-order valence-electron chi connectivity index (χ0n) is 11.3. The number of benzene rings is 1. The zero-order valence-corrected chi connectivity index (χ0v) is 11.3. The minimum Gasteiger partial charge on any atom is -0.326 e. The minimum atomic E-state index is -0.164. The van der Waals surface area contributed by atoms with E-state index in [1.807, 2.05) is 6.07 Å². The summed E-state index contributed by atoms with van der Waals surface area (Å²) in [4.78, 5) is 2.47. The molecule has 1 aromatic carbocycles. The van der Waals surface area contributed by atoms with Crippen molar-refractivity contribution in [2.45, 2.75) is 45.8 Å². The van der Waals surface area contributed by atoms with Crippen molar-refractivity contribution in [3.63, 3.8) is 0 Å². The summed E-state index contributed by atoms with van der Waals surface area (Å²) in [5.74, 6) is 0.491. The monoisotopic (exact) mass is 250 g/mol. The molecule has 0 aliphatic carbocycles. The maximum Gasteiger partial charge on any atom is 0.123 e. The molecule has 100 valence electrons. The van der Waals surface area contributed by atoms with E-state index in [4.69, 9.17) is 5.73 Å². The highest BCUT2D eigenvalue weighted by Crippen LogP contribution is 2.26. The fourth-order valence-corrected chi connectivity index (χ4v) is 2.96. The van der Waals surface area contributed by atoms with Gasteiger partial charge in [0.15, 0.2) is 0 Å². The van der Waals surface area contributed by atoms with Crippen LogP contribution in [0, 0.1) is 11.7 Å². The Balaban J connectivity index is 2.15. The Morgan fingerprint density at radius 1 is 1.39 bits per heavy atom. The van der Waals surface area contributed by atoms with Gasteiger partial charge in [0.2, 0.25) is 0 Å². The number of nitrogens with two attached hydrogens (primary N) is 1. The van der Waals surface area contributed by atoms with E-state index in [9.17, 15) is 4.39 Å². The highest BCUT2D eigenvalue weighted by molar-refractivity contribution is 5.28. The van der Waals surface area contributed by atoms with Crippen LogP contribution in [0.15, 0.2) is 18.2 Å². The van der Waals surface area contributed by atoms with E-state index in [0.29, 0.717) is 18.5 Å². The maximum atomic E-state index is 13.4. The lowest BCUT2D eigenvalue weighted by Gasteiger charge is -2.28. The Kier molecular flexibility index (Phi) is 4.36. The minimum absolute atomic E-state index is 0.164. The molecular weight excluding hydrogens is 227 g/mol. The van der Waals surface area contributed by atoms with Gasteiger partial charge in [-0.3, -0.25) is 4.90 Å². The van der Waals surface area contributed by atoms with Crippen molar-refractivity contribution < 1.29 is 4.39 Å². The fraction of sp³-hybridized carbons (Fsp3) is 0.600. The lowest BCUT2D eigenvalue weighted by atomic mass is 10.0. The molecule has 2 N–H and O–H groups in total. The molecule has 0 saturated carbocycles. The van der Waals surface area contributed by atoms with Gasteiger partial charge in [-0.15, -0.1) is 0 Å². The van der Waals surface area contributed by atoms with Crippen LogP contribution >= 0.6 is 0 Å². The van der Waals surface area contributed by atoms with Gasteiger partial charge in [0.25, 0.3) is 0 Å². The molecule has 0 radical (unpaired) electrons. The second kappa shape index (κ2) is 5.81. The maximum absolute atomic E-state index is 13.4. The molecular formula is C15H23FN2. The molecule has 1 aromatic rings. The van der Waals surface area contributed by atoms with Gasteiger partial charge in [-0.2, -0.15) is 0 Å². The molecule has 1 unspecified atom stereocenters. The Bertz CT molecular complexity index is 403. The van der Waals surface area contributed by atoms with Crippen molar-refractivity contribution in [1.29, 1.82) is 0 Å². The molecule has 1 heterocycles. The third kappa shape index (κ3) is 2.90. The first-order valence-electron chi connectivity index (χ1n) is 6.83. The first kappa shape index (κ1) is 13.5. The van der Waals surface area contributed by atoms with Crippen LogP contribution in [-0.4, -0.2) is 17.5 Å². The molecule has 0 bridgehead atoms. The molecule has 18 heavy (non-hydrogen) atoms. The van der Waals surface area contributed by atoms with Gasteiger partial charge in [-0.05, 0) is 48.6 Å². The predicted molar refractivity (Wildman–Crippen MR) is 72.6 cm³/mol. The number of hydrogen-bond acceptors (Lipinski definition) is 2. The number of halogens is 1. The van der Waals surface area contributed by atoms with Crippen LogP contribution in [-0.2, 0) is 13.1 Å². The Hall–Kier alpha value is -0.930. The normalized spacial score (nSPS) is 20.8. The Morgan fingerprint density at radius 2 is 2.17 bits per heavy atom. The molecule has 3 heteroatoms. The summed E-state index contributed by atoms with van der Waals surface area (Å²) < 4.78 is 13.4. The molecule has 0 aromatic heterocycles. The van der Waals surface area contributed by atoms with Gasteiger partial charge in [-0.1, -0.05) is 19.9 Å². The highest BCUT2D eigenvalue weighted by Gasteiger charge is 2.27. The third-order valence-electron chi connectivity index (χ3n) is 3.95. The van der Waals surface area contributed by atoms with Gasteiger partial charge >= 0.3 is 0 Å². The summed E-state index contributed by atoms with van der Waals surface area (Å²) >= 11 is 0. The SMILES string of the molecule is CC(C)C1CCCN1Cc1cc(F)ccc1CN. The van der Waals surface area contributed by atoms with E-state index in [-0.39, 0.29) is 5.82 Å². The van der Waals surface area contributed by atoms with Crippen molar-refractivity contribution in [3.05, 3.63) is 35.1 Å². The Labute approximate surface area is 109 Å². The quantitative estimate of drug-likeness (QED) is 0.890. The van der Waals surface area contributed by atoms with Gasteiger partial charge in [0, 0.05) is 19.1 Å². The van der Waals surface area contributed by atoms with Crippen LogP contribution in [0.4, 0.5) is 4.39 Å². The summed E-state index contributed by atoms with van der Waals surface area (Å²) in [5, 5.41) is 0. The Morgan fingerprint density at radius 3 is 2.83 bits per heavy atom. The van der Waals surface area contributed by atoms with E-state index in [2.05, 4.69) is 18.7 Å². The second-order valence-corrected chi connectivity index (χ2v) is 5.54. The summed E-state index contributed by atoms with van der Waals surface area (Å²) in [6.45, 7) is 6.95. The van der Waals surface area contributed by atoms with Gasteiger partial charge in [0.05, 0.1) is 0 Å². The number of likely N-dealkylation sites (tertiary alicyclic amines) is 1. The van der Waals surface area contributed by atoms with Crippen LogP contribution in [0.3, 0.4) is 0 Å². The van der Waals surface area contributed by atoms with Crippen LogP contribution in [0.25, 0.3) is 0 Å². The lowest BCUT2D eigenvalue weighted by Crippen LogP contribution is -2.33. The van der Waals surface area contributed by atoms with Gasteiger partial charge in [-0.25, -0.2) is 4.39 Å². The van der Waals surface area contributed by atoms with Crippen molar-refractivity contribution in [2.24, 2.45) is 11.7 Å². The van der Waals surface area contributed by atoms with Gasteiger partial charge < -0.3 is 5.73 Å². The summed E-state index contributed by atoms with van der Waals surface area (Å²) in [5.41, 5.74) is 7.84. The number of rotatable bonds is 4. The predicted octanol–water partition coefficient (Wildman–Crippen LogP) is 2.90. The molecule has 1 fully saturated rings. The van der Waals surface area contributed by atoms with Crippen LogP contribution in [0.2, 0.25) is 0 Å². The van der Waals surface area contributed by atoms with Crippen molar-refractivity contribution in [3.8, 4) is 0 Å².